The van der Waals surface area contributed by atoms with E-state index in [-0.39, 0.29) is 11.8 Å². The molecule has 3 nitrogen and oxygen atoms in total. The molecule has 57 heavy (non-hydrogen) atoms. The maximum atomic E-state index is 5.50. The molecule has 0 saturated heterocycles. The number of fused-ring (bicyclic) bond motifs is 6. The Balaban J connectivity index is 1.21. The third-order valence-corrected chi connectivity index (χ3v) is 13.2. The summed E-state index contributed by atoms with van der Waals surface area (Å²) in [5, 5.41) is 2.84. The summed E-state index contributed by atoms with van der Waals surface area (Å²) in [5.74, 6) is 1.23. The van der Waals surface area contributed by atoms with Gasteiger partial charge in [-0.25, -0.2) is 9.97 Å². The molecule has 2 aliphatic carbocycles. The fraction of sp³-hybridized carbons (Fsp3) is 0.0943. The average molecular weight is 750 g/mol. The Morgan fingerprint density at radius 3 is 1.81 bits per heavy atom. The van der Waals surface area contributed by atoms with Crippen molar-refractivity contribution in [3.8, 4) is 50.5 Å². The van der Waals surface area contributed by atoms with E-state index in [4.69, 9.17) is 9.97 Å². The van der Waals surface area contributed by atoms with E-state index in [0.717, 1.165) is 40.4 Å². The number of hydrogen-bond donors (Lipinski definition) is 0. The van der Waals surface area contributed by atoms with E-state index in [0.29, 0.717) is 5.25 Å². The number of nitrogens with zero attached hydrogens (tertiary/aromatic N) is 3. The smallest absolute Gasteiger partial charge is 0.137 e. The van der Waals surface area contributed by atoms with E-state index in [2.05, 4.69) is 200 Å². The Kier molecular flexibility index (Phi) is 8.25. The van der Waals surface area contributed by atoms with Crippen LogP contribution in [0.15, 0.2) is 193 Å². The van der Waals surface area contributed by atoms with E-state index in [9.17, 15) is 0 Å². The Morgan fingerprint density at radius 1 is 0.561 bits per heavy atom. The molecule has 0 spiro atoms. The molecule has 2 aromatic heterocycles. The predicted molar refractivity (Wildman–Crippen MR) is 240 cm³/mol. The summed E-state index contributed by atoms with van der Waals surface area (Å²) >= 11 is 1.98. The molecule has 272 valence electrons. The molecule has 0 amide bonds. The largest absolute Gasteiger partial charge is 0.309 e. The molecule has 0 radical (unpaired) electrons. The summed E-state index contributed by atoms with van der Waals surface area (Å²) in [4.78, 5) is 12.1. The molecule has 11 rings (SSSR count). The quantitative estimate of drug-likeness (QED) is 0.170. The van der Waals surface area contributed by atoms with Gasteiger partial charge in [0, 0.05) is 43.7 Å². The zero-order valence-corrected chi connectivity index (χ0v) is 32.4. The molecule has 3 heterocycles. The Labute approximate surface area is 337 Å². The van der Waals surface area contributed by atoms with Gasteiger partial charge in [-0.3, -0.25) is 0 Å². The minimum absolute atomic E-state index is 0.0842. The normalized spacial score (nSPS) is 18.2. The second-order valence-electron chi connectivity index (χ2n) is 15.3. The number of allylic oxidation sites excluding steroid dienone is 7. The number of hydrogen-bond acceptors (Lipinski definition) is 3. The van der Waals surface area contributed by atoms with E-state index in [1.54, 1.807) is 0 Å². The van der Waals surface area contributed by atoms with Gasteiger partial charge in [-0.2, -0.15) is 0 Å². The Morgan fingerprint density at radius 2 is 1.16 bits per heavy atom. The first-order chi connectivity index (χ1) is 28.2. The van der Waals surface area contributed by atoms with E-state index in [1.165, 1.54) is 60.1 Å². The van der Waals surface area contributed by atoms with Gasteiger partial charge >= 0.3 is 0 Å². The second kappa shape index (κ2) is 13.9. The highest BCUT2D eigenvalue weighted by Crippen LogP contribution is 2.53. The highest BCUT2D eigenvalue weighted by molar-refractivity contribution is 8.01. The first-order valence-electron chi connectivity index (χ1n) is 19.9. The number of thioether (sulfide) groups is 1. The lowest BCUT2D eigenvalue weighted by molar-refractivity contribution is 0.603. The molecule has 0 N–H and O–H groups in total. The van der Waals surface area contributed by atoms with Gasteiger partial charge in [0.25, 0.3) is 0 Å². The van der Waals surface area contributed by atoms with Crippen LogP contribution in [0.3, 0.4) is 0 Å². The number of rotatable bonds is 6. The lowest BCUT2D eigenvalue weighted by Gasteiger charge is -2.21. The highest BCUT2D eigenvalue weighted by atomic mass is 32.2. The van der Waals surface area contributed by atoms with Crippen LogP contribution in [0.2, 0.25) is 0 Å². The van der Waals surface area contributed by atoms with E-state index < -0.39 is 0 Å². The topological polar surface area (TPSA) is 30.7 Å². The van der Waals surface area contributed by atoms with Crippen molar-refractivity contribution in [1.82, 2.24) is 14.5 Å². The number of aromatic nitrogens is 3. The number of benzene rings is 6. The SMILES string of the molecule is CC1C=CC=CC1c1nc(-c2ccccc2)cc(-c2cc(-n3c4cc(-c5ccccc5)ccc4c4ccc(-c5ccccc5)cc43)cc3c2SC2CC=CC=C32)n1. The van der Waals surface area contributed by atoms with Crippen LogP contribution in [-0.4, -0.2) is 19.8 Å². The van der Waals surface area contributed by atoms with Crippen LogP contribution in [0.25, 0.3) is 77.8 Å². The summed E-state index contributed by atoms with van der Waals surface area (Å²) in [6.45, 7) is 2.26. The minimum atomic E-state index is 0.0842. The third kappa shape index (κ3) is 5.91. The van der Waals surface area contributed by atoms with Crippen LogP contribution in [0.4, 0.5) is 0 Å². The van der Waals surface area contributed by atoms with Gasteiger partial charge in [0.2, 0.25) is 0 Å². The van der Waals surface area contributed by atoms with Gasteiger partial charge in [0.05, 0.1) is 22.4 Å². The zero-order valence-electron chi connectivity index (χ0n) is 31.6. The first kappa shape index (κ1) is 33.8. The lowest BCUT2D eigenvalue weighted by Crippen LogP contribution is -2.12. The van der Waals surface area contributed by atoms with Gasteiger partial charge < -0.3 is 4.57 Å². The van der Waals surface area contributed by atoms with Crippen molar-refractivity contribution >= 4 is 39.1 Å². The van der Waals surface area contributed by atoms with Crippen molar-refractivity contribution in [2.45, 2.75) is 29.4 Å². The van der Waals surface area contributed by atoms with Gasteiger partial charge in [-0.15, -0.1) is 11.8 Å². The van der Waals surface area contributed by atoms with Crippen molar-refractivity contribution in [2.24, 2.45) is 5.92 Å². The van der Waals surface area contributed by atoms with Gasteiger partial charge in [0.15, 0.2) is 0 Å². The van der Waals surface area contributed by atoms with Crippen molar-refractivity contribution in [3.63, 3.8) is 0 Å². The van der Waals surface area contributed by atoms with Gasteiger partial charge in [-0.1, -0.05) is 165 Å². The zero-order chi connectivity index (χ0) is 37.9. The minimum Gasteiger partial charge on any atom is -0.309 e. The van der Waals surface area contributed by atoms with Crippen molar-refractivity contribution in [3.05, 3.63) is 200 Å². The summed E-state index contributed by atoms with van der Waals surface area (Å²) in [5.41, 5.74) is 15.1. The van der Waals surface area contributed by atoms with Crippen molar-refractivity contribution in [1.29, 1.82) is 0 Å². The standard InChI is InChI=1S/C53H39N3S/c1-34-15-11-12-22-41(34)53-54-47(37-20-9-4-10-21-37)33-48(55-53)46-32-40(31-45-44-23-13-14-24-51(44)57-52(45)46)56-49-29-38(35-16-5-2-6-17-35)25-27-42(49)43-28-26-39(30-50(43)56)36-18-7-3-8-19-36/h2-23,25-34,41,51H,24H2,1H3. The lowest BCUT2D eigenvalue weighted by atomic mass is 9.89. The second-order valence-corrected chi connectivity index (χ2v) is 16.5. The first-order valence-corrected chi connectivity index (χ1v) is 20.8. The van der Waals surface area contributed by atoms with E-state index >= 15 is 0 Å². The van der Waals surface area contributed by atoms with Crippen LogP contribution in [0, 0.1) is 5.92 Å². The summed E-state index contributed by atoms with van der Waals surface area (Å²) in [6, 6.07) is 53.0. The maximum absolute atomic E-state index is 5.50. The van der Waals surface area contributed by atoms with Gasteiger partial charge in [-0.05, 0) is 76.1 Å². The van der Waals surface area contributed by atoms with Crippen LogP contribution >= 0.6 is 11.8 Å². The summed E-state index contributed by atoms with van der Waals surface area (Å²) < 4.78 is 2.50. The molecule has 0 fully saturated rings. The summed E-state index contributed by atoms with van der Waals surface area (Å²) in [7, 11) is 0. The van der Waals surface area contributed by atoms with E-state index in [1.807, 2.05) is 11.8 Å². The molecule has 0 saturated carbocycles. The predicted octanol–water partition coefficient (Wildman–Crippen LogP) is 13.9. The fourth-order valence-corrected chi connectivity index (χ4v) is 10.3. The molecule has 8 aromatic rings. The molecule has 1 aliphatic heterocycles. The Hall–Kier alpha value is -6.49. The molecule has 6 aromatic carbocycles. The average Bonchev–Trinajstić information content (AvgIpc) is 3.82. The van der Waals surface area contributed by atoms with Gasteiger partial charge in [0.1, 0.15) is 5.82 Å². The highest BCUT2D eigenvalue weighted by Gasteiger charge is 2.33. The molecular weight excluding hydrogens is 711 g/mol. The molecule has 3 atom stereocenters. The van der Waals surface area contributed by atoms with Crippen LogP contribution < -0.4 is 0 Å². The van der Waals surface area contributed by atoms with Crippen LogP contribution in [0.5, 0.6) is 0 Å². The molecule has 0 bridgehead atoms. The molecule has 3 aliphatic rings. The van der Waals surface area contributed by atoms with Crippen molar-refractivity contribution in [2.75, 3.05) is 0 Å². The third-order valence-electron chi connectivity index (χ3n) is 11.8. The maximum Gasteiger partial charge on any atom is 0.137 e. The fourth-order valence-electron chi connectivity index (χ4n) is 8.87. The van der Waals surface area contributed by atoms with Crippen LogP contribution in [0.1, 0.15) is 30.7 Å². The summed E-state index contributed by atoms with van der Waals surface area (Å²) in [6.07, 6.45) is 16.7. The Bertz CT molecular complexity index is 2880. The monoisotopic (exact) mass is 749 g/mol. The van der Waals surface area contributed by atoms with Crippen LogP contribution in [-0.2, 0) is 0 Å². The molecule has 4 heteroatoms. The van der Waals surface area contributed by atoms with Crippen molar-refractivity contribution < 1.29 is 0 Å². The molecular formula is C53H39N3S. The molecule has 3 unspecified atom stereocenters.